The second-order valence-corrected chi connectivity index (χ2v) is 9.64. The average Bonchev–Trinajstić information content (AvgIpc) is 3.39. The van der Waals surface area contributed by atoms with E-state index in [1.54, 1.807) is 24.3 Å². The third kappa shape index (κ3) is 8.96. The highest BCUT2D eigenvalue weighted by Gasteiger charge is 2.23. The van der Waals surface area contributed by atoms with Gasteiger partial charge in [0.1, 0.15) is 17.2 Å². The zero-order chi connectivity index (χ0) is 28.5. The fraction of sp³-hybridized carbons (Fsp3) is 0.333. The van der Waals surface area contributed by atoms with Crippen molar-refractivity contribution < 1.29 is 28.6 Å². The lowest BCUT2D eigenvalue weighted by atomic mass is 10.0. The summed E-state index contributed by atoms with van der Waals surface area (Å²) in [5, 5.41) is 18.5. The zero-order valence-corrected chi connectivity index (χ0v) is 22.7. The molecule has 0 spiro atoms. The second kappa shape index (κ2) is 13.9. The van der Waals surface area contributed by atoms with Crippen LogP contribution in [0.2, 0.25) is 5.02 Å². The smallest absolute Gasteiger partial charge is 0.336 e. The maximum atomic E-state index is 14.3. The van der Waals surface area contributed by atoms with Gasteiger partial charge in [-0.15, -0.1) is 0 Å². The Labute approximate surface area is 230 Å². The second-order valence-electron chi connectivity index (χ2n) is 9.21. The van der Waals surface area contributed by atoms with Crippen molar-refractivity contribution in [1.29, 1.82) is 0 Å². The normalized spacial score (nSPS) is 12.0. The molecule has 10 nitrogen and oxygen atoms in total. The predicted molar refractivity (Wildman–Crippen MR) is 143 cm³/mol. The minimum Gasteiger partial charge on any atom is -0.464 e. The molecule has 0 aliphatic rings. The number of nitrogens with one attached hydrogen (secondary N) is 2. The molecule has 3 rings (SSSR count). The molecule has 3 aromatic rings. The van der Waals surface area contributed by atoms with E-state index in [2.05, 4.69) is 15.6 Å². The van der Waals surface area contributed by atoms with Gasteiger partial charge in [0.05, 0.1) is 13.2 Å². The van der Waals surface area contributed by atoms with Gasteiger partial charge in [0.15, 0.2) is 11.9 Å². The number of hydrogen-bond acceptors (Lipinski definition) is 8. The van der Waals surface area contributed by atoms with Gasteiger partial charge in [0.25, 0.3) is 5.91 Å². The first-order valence-electron chi connectivity index (χ1n) is 12.2. The molecule has 0 aliphatic carbocycles. The summed E-state index contributed by atoms with van der Waals surface area (Å²) in [5.74, 6) is -2.18. The molecular formula is C27H31ClFN5O5. The van der Waals surface area contributed by atoms with E-state index >= 15 is 0 Å². The molecule has 0 fully saturated rings. The molecule has 0 saturated heterocycles. The number of hydrogen-bond donors (Lipinski definition) is 3. The maximum absolute atomic E-state index is 14.3. The molecule has 12 heteroatoms. The van der Waals surface area contributed by atoms with E-state index in [9.17, 15) is 23.9 Å². The summed E-state index contributed by atoms with van der Waals surface area (Å²) in [6, 6.07) is 12.4. The summed E-state index contributed by atoms with van der Waals surface area (Å²) in [5.41, 5.74) is 4.38. The Kier molecular flexibility index (Phi) is 10.7. The van der Waals surface area contributed by atoms with Gasteiger partial charge in [-0.3, -0.25) is 20.1 Å². The average molecular weight is 560 g/mol. The monoisotopic (exact) mass is 559 g/mol. The Morgan fingerprint density at radius 1 is 1.15 bits per heavy atom. The number of halogens is 2. The molecule has 39 heavy (non-hydrogen) atoms. The number of carbonyl (C=O) groups is 3. The number of aromatic amines is 1. The highest BCUT2D eigenvalue weighted by Crippen LogP contribution is 2.26. The molecule has 0 aliphatic heterocycles. The van der Waals surface area contributed by atoms with Crippen LogP contribution in [-0.4, -0.2) is 82.8 Å². The molecule has 0 bridgehead atoms. The number of rotatable bonds is 13. The lowest BCUT2D eigenvalue weighted by molar-refractivity contribution is -0.155. The van der Waals surface area contributed by atoms with Crippen LogP contribution >= 0.6 is 11.6 Å². The Morgan fingerprint density at radius 3 is 2.51 bits per heavy atom. The van der Waals surface area contributed by atoms with Crippen LogP contribution in [0.5, 0.6) is 0 Å². The number of aromatic nitrogens is 2. The summed E-state index contributed by atoms with van der Waals surface area (Å²) in [6.07, 6.45) is -0.942. The van der Waals surface area contributed by atoms with Crippen LogP contribution < -0.4 is 5.43 Å². The third-order valence-corrected chi connectivity index (χ3v) is 5.90. The fourth-order valence-electron chi connectivity index (χ4n) is 3.63. The number of nitrogens with zero attached hydrogens (tertiary/aromatic N) is 3. The number of esters is 1. The number of amides is 1. The largest absolute Gasteiger partial charge is 0.464 e. The molecule has 1 atom stereocenters. The number of aliphatic hydroxyl groups excluding tert-OH is 1. The van der Waals surface area contributed by atoms with Gasteiger partial charge in [0, 0.05) is 30.6 Å². The Balaban J connectivity index is 1.73. The van der Waals surface area contributed by atoms with E-state index < -0.39 is 23.8 Å². The lowest BCUT2D eigenvalue weighted by Gasteiger charge is -2.25. The van der Waals surface area contributed by atoms with Crippen molar-refractivity contribution in [3.8, 4) is 11.1 Å². The van der Waals surface area contributed by atoms with Crippen LogP contribution in [0.25, 0.3) is 11.1 Å². The van der Waals surface area contributed by atoms with Crippen LogP contribution in [0.4, 0.5) is 4.39 Å². The molecular weight excluding hydrogens is 529 g/mol. The Morgan fingerprint density at radius 2 is 1.87 bits per heavy atom. The van der Waals surface area contributed by atoms with Crippen molar-refractivity contribution in [3.05, 3.63) is 76.3 Å². The highest BCUT2D eigenvalue weighted by molar-refractivity contribution is 6.30. The van der Waals surface area contributed by atoms with Crippen LogP contribution in [0, 0.1) is 5.82 Å². The molecule has 0 radical (unpaired) electrons. The first-order chi connectivity index (χ1) is 18.5. The van der Waals surface area contributed by atoms with Crippen LogP contribution in [-0.2, 0) is 16.1 Å². The zero-order valence-electron chi connectivity index (χ0n) is 21.9. The van der Waals surface area contributed by atoms with Gasteiger partial charge >= 0.3 is 5.97 Å². The quantitative estimate of drug-likeness (QED) is 0.126. The number of hydrazine groups is 1. The van der Waals surface area contributed by atoms with Gasteiger partial charge in [0.2, 0.25) is 0 Å². The maximum Gasteiger partial charge on any atom is 0.336 e. The van der Waals surface area contributed by atoms with E-state index in [0.717, 1.165) is 0 Å². The highest BCUT2D eigenvalue weighted by atomic mass is 35.5. The summed E-state index contributed by atoms with van der Waals surface area (Å²) in [4.78, 5) is 38.7. The number of ether oxygens (including phenoxy) is 1. The van der Waals surface area contributed by atoms with Crippen molar-refractivity contribution in [2.24, 2.45) is 0 Å². The van der Waals surface area contributed by atoms with Gasteiger partial charge in [-0.1, -0.05) is 35.9 Å². The van der Waals surface area contributed by atoms with Gasteiger partial charge < -0.3 is 14.7 Å². The van der Waals surface area contributed by atoms with E-state index in [1.807, 2.05) is 19.0 Å². The SMILES string of the molecule is CC(=O)c1cc(C(=O)NN(Cc2ccc(-c3cc(Cl)ccc3F)cc2)CC(O)C(=O)OCCCN(C)C)[nH]n1. The summed E-state index contributed by atoms with van der Waals surface area (Å²) >= 11 is 6.01. The van der Waals surface area contributed by atoms with E-state index in [0.29, 0.717) is 34.7 Å². The molecule has 3 N–H and O–H groups in total. The van der Waals surface area contributed by atoms with Crippen molar-refractivity contribution in [2.45, 2.75) is 26.0 Å². The number of Topliss-reactive ketones (excluding diaryl/α,β-unsaturated/α-hetero) is 1. The minimum absolute atomic E-state index is 0.0257. The first-order valence-corrected chi connectivity index (χ1v) is 12.6. The summed E-state index contributed by atoms with van der Waals surface area (Å²) in [6.45, 7) is 1.99. The number of H-pyrrole nitrogens is 1. The molecule has 1 amide bonds. The van der Waals surface area contributed by atoms with Crippen molar-refractivity contribution in [1.82, 2.24) is 25.5 Å². The number of benzene rings is 2. The van der Waals surface area contributed by atoms with Gasteiger partial charge in [-0.2, -0.15) is 5.10 Å². The number of ketones is 1. The van der Waals surface area contributed by atoms with Crippen molar-refractivity contribution in [2.75, 3.05) is 33.8 Å². The van der Waals surface area contributed by atoms with Gasteiger partial charge in [-0.25, -0.2) is 14.2 Å². The van der Waals surface area contributed by atoms with Crippen molar-refractivity contribution in [3.63, 3.8) is 0 Å². The number of carbonyl (C=O) groups excluding carboxylic acids is 3. The predicted octanol–water partition coefficient (Wildman–Crippen LogP) is 3.07. The molecule has 1 unspecified atom stereocenters. The van der Waals surface area contributed by atoms with E-state index in [1.165, 1.54) is 36.2 Å². The standard InChI is InChI=1S/C27H31ClFN5O5/c1-17(35)23-14-24(31-30-23)26(37)32-34(16-25(36)27(38)39-12-4-11-33(2)3)15-18-5-7-19(8-6-18)21-13-20(28)9-10-22(21)29/h5-10,13-14,25,36H,4,11-12,15-16H2,1-3H3,(H,30,31)(H,32,37). The molecule has 0 saturated carbocycles. The minimum atomic E-state index is -1.54. The molecule has 1 heterocycles. The van der Waals surface area contributed by atoms with Crippen molar-refractivity contribution >= 4 is 29.3 Å². The van der Waals surface area contributed by atoms with E-state index in [4.69, 9.17) is 16.3 Å². The lowest BCUT2D eigenvalue weighted by Crippen LogP contribution is -2.47. The van der Waals surface area contributed by atoms with Crippen LogP contribution in [0.1, 0.15) is 39.9 Å². The summed E-state index contributed by atoms with van der Waals surface area (Å²) < 4.78 is 19.4. The van der Waals surface area contributed by atoms with Crippen LogP contribution in [0.3, 0.4) is 0 Å². The molecule has 2 aromatic carbocycles. The first kappa shape index (κ1) is 29.9. The molecule has 1 aromatic heterocycles. The van der Waals surface area contributed by atoms with E-state index in [-0.39, 0.29) is 36.9 Å². The fourth-order valence-corrected chi connectivity index (χ4v) is 3.81. The van der Waals surface area contributed by atoms with Crippen LogP contribution in [0.15, 0.2) is 48.5 Å². The number of aliphatic hydroxyl groups is 1. The van der Waals surface area contributed by atoms with Gasteiger partial charge in [-0.05, 0) is 55.9 Å². The Hall–Kier alpha value is -3.64. The topological polar surface area (TPSA) is 128 Å². The molecule has 208 valence electrons. The third-order valence-electron chi connectivity index (χ3n) is 5.67. The Bertz CT molecular complexity index is 1300. The summed E-state index contributed by atoms with van der Waals surface area (Å²) in [7, 11) is 3.79.